The maximum absolute atomic E-state index is 12.7. The monoisotopic (exact) mass is 438 g/mol. The van der Waals surface area contributed by atoms with E-state index < -0.39 is 10.0 Å². The second-order valence-electron chi connectivity index (χ2n) is 7.45. The fourth-order valence-corrected chi connectivity index (χ4v) is 4.10. The first-order chi connectivity index (χ1) is 14.7. The van der Waals surface area contributed by atoms with Crippen LogP contribution >= 0.6 is 0 Å². The van der Waals surface area contributed by atoms with Crippen LogP contribution in [0.25, 0.3) is 0 Å². The minimum absolute atomic E-state index is 0.0190. The Morgan fingerprint density at radius 2 is 1.71 bits per heavy atom. The van der Waals surface area contributed by atoms with E-state index in [4.69, 9.17) is 4.74 Å². The van der Waals surface area contributed by atoms with Crippen molar-refractivity contribution in [2.24, 2.45) is 0 Å². The normalized spacial score (nSPS) is 12.1. The highest BCUT2D eigenvalue weighted by molar-refractivity contribution is 7.92. The molecule has 31 heavy (non-hydrogen) atoms. The number of hydrogen-bond donors (Lipinski definition) is 2. The van der Waals surface area contributed by atoms with Crippen LogP contribution in [0.2, 0.25) is 0 Å². The number of para-hydroxylation sites is 1. The van der Waals surface area contributed by atoms with E-state index in [0.29, 0.717) is 12.3 Å². The van der Waals surface area contributed by atoms with Crippen LogP contribution in [-0.4, -0.2) is 27.0 Å². The van der Waals surface area contributed by atoms with E-state index in [9.17, 15) is 13.2 Å². The molecule has 0 unspecified atom stereocenters. The van der Waals surface area contributed by atoms with E-state index in [-0.39, 0.29) is 22.4 Å². The number of anilines is 1. The number of rotatable bonds is 8. The van der Waals surface area contributed by atoms with Crippen molar-refractivity contribution in [2.45, 2.75) is 31.7 Å². The van der Waals surface area contributed by atoms with Crippen molar-refractivity contribution in [3.63, 3.8) is 0 Å². The number of carbonyl (C=O) groups excluding carboxylic acids is 1. The Morgan fingerprint density at radius 3 is 2.45 bits per heavy atom. The molecule has 0 radical (unpaired) electrons. The van der Waals surface area contributed by atoms with Crippen molar-refractivity contribution in [1.29, 1.82) is 0 Å². The molecule has 1 amide bonds. The van der Waals surface area contributed by atoms with Gasteiger partial charge in [-0.05, 0) is 68.3 Å². The number of hydrogen-bond acceptors (Lipinski definition) is 4. The Labute approximate surface area is 183 Å². The van der Waals surface area contributed by atoms with Crippen LogP contribution in [0.4, 0.5) is 5.69 Å². The second-order valence-corrected chi connectivity index (χ2v) is 9.14. The largest absolute Gasteiger partial charge is 0.491 e. The van der Waals surface area contributed by atoms with E-state index in [1.807, 2.05) is 51.1 Å². The van der Waals surface area contributed by atoms with E-state index in [2.05, 4.69) is 10.0 Å². The number of benzene rings is 3. The Balaban J connectivity index is 1.66. The van der Waals surface area contributed by atoms with Crippen LogP contribution < -0.4 is 14.8 Å². The highest BCUT2D eigenvalue weighted by atomic mass is 32.2. The van der Waals surface area contributed by atoms with Gasteiger partial charge in [-0.25, -0.2) is 8.42 Å². The molecular formula is C24H26N2O4S. The average molecular weight is 439 g/mol. The quantitative estimate of drug-likeness (QED) is 0.549. The molecule has 0 aromatic heterocycles. The van der Waals surface area contributed by atoms with Crippen LogP contribution in [0.3, 0.4) is 0 Å². The summed E-state index contributed by atoms with van der Waals surface area (Å²) >= 11 is 0. The van der Waals surface area contributed by atoms with Crippen LogP contribution in [-0.2, 0) is 10.0 Å². The van der Waals surface area contributed by atoms with E-state index >= 15 is 0 Å². The first-order valence-electron chi connectivity index (χ1n) is 9.93. The predicted octanol–water partition coefficient (Wildman–Crippen LogP) is 4.30. The molecule has 0 fully saturated rings. The molecule has 162 valence electrons. The van der Waals surface area contributed by atoms with Gasteiger partial charge in [0, 0.05) is 11.3 Å². The van der Waals surface area contributed by atoms with Gasteiger partial charge in [0.2, 0.25) is 0 Å². The van der Waals surface area contributed by atoms with Crippen LogP contribution in [0, 0.1) is 13.8 Å². The lowest BCUT2D eigenvalue weighted by Crippen LogP contribution is -2.36. The molecule has 0 saturated heterocycles. The summed E-state index contributed by atoms with van der Waals surface area (Å²) < 4.78 is 33.8. The molecule has 0 saturated carbocycles. The van der Waals surface area contributed by atoms with Crippen LogP contribution in [0.5, 0.6) is 5.75 Å². The van der Waals surface area contributed by atoms with Crippen molar-refractivity contribution in [2.75, 3.05) is 11.3 Å². The van der Waals surface area contributed by atoms with Gasteiger partial charge in [-0.2, -0.15) is 0 Å². The first kappa shape index (κ1) is 22.4. The molecule has 3 rings (SSSR count). The zero-order chi connectivity index (χ0) is 22.4. The molecule has 0 aliphatic heterocycles. The van der Waals surface area contributed by atoms with E-state index in [0.717, 1.165) is 16.9 Å². The van der Waals surface area contributed by atoms with Crippen LogP contribution in [0.1, 0.15) is 28.4 Å². The number of amides is 1. The topological polar surface area (TPSA) is 84.5 Å². The summed E-state index contributed by atoms with van der Waals surface area (Å²) in [5.74, 6) is 0.396. The van der Waals surface area contributed by atoms with E-state index in [1.165, 1.54) is 12.1 Å². The molecule has 3 aromatic carbocycles. The van der Waals surface area contributed by atoms with Gasteiger partial charge in [-0.1, -0.05) is 36.4 Å². The SMILES string of the molecule is Cc1cccc(NS(=O)(=O)c2cccc(C(=O)N[C@@H](C)COc3ccccc3C)c2)c1. The van der Waals surface area contributed by atoms with Gasteiger partial charge >= 0.3 is 0 Å². The standard InChI is InChI=1S/C24H26N2O4S/c1-17-8-6-11-21(14-17)26-31(28,29)22-12-7-10-20(15-22)24(27)25-19(3)16-30-23-13-5-4-9-18(23)2/h4-15,19,26H,16H2,1-3H3,(H,25,27)/t19-/m0/s1. The summed E-state index contributed by atoms with van der Waals surface area (Å²) in [6.45, 7) is 5.96. The number of nitrogens with one attached hydrogen (secondary N) is 2. The van der Waals surface area contributed by atoms with Gasteiger partial charge in [0.05, 0.1) is 10.9 Å². The molecule has 0 bridgehead atoms. The summed E-state index contributed by atoms with van der Waals surface area (Å²) in [5.41, 5.74) is 2.68. The molecule has 0 aliphatic carbocycles. The van der Waals surface area contributed by atoms with Crippen molar-refractivity contribution >= 4 is 21.6 Å². The number of aryl methyl sites for hydroxylation is 2. The molecule has 0 heterocycles. The summed E-state index contributed by atoms with van der Waals surface area (Å²) in [6.07, 6.45) is 0. The van der Waals surface area contributed by atoms with Gasteiger partial charge in [-0.3, -0.25) is 9.52 Å². The van der Waals surface area contributed by atoms with Crippen molar-refractivity contribution in [3.8, 4) is 5.75 Å². The molecule has 6 nitrogen and oxygen atoms in total. The smallest absolute Gasteiger partial charge is 0.261 e. The maximum Gasteiger partial charge on any atom is 0.261 e. The van der Waals surface area contributed by atoms with E-state index in [1.54, 1.807) is 30.3 Å². The maximum atomic E-state index is 12.7. The molecular weight excluding hydrogens is 412 g/mol. The number of ether oxygens (including phenoxy) is 1. The van der Waals surface area contributed by atoms with Gasteiger partial charge in [0.15, 0.2) is 0 Å². The number of sulfonamides is 1. The molecule has 0 aliphatic rings. The van der Waals surface area contributed by atoms with Crippen molar-refractivity contribution in [1.82, 2.24) is 5.32 Å². The molecule has 7 heteroatoms. The van der Waals surface area contributed by atoms with Crippen molar-refractivity contribution in [3.05, 3.63) is 89.5 Å². The summed E-state index contributed by atoms with van der Waals surface area (Å²) in [5, 5.41) is 2.84. The average Bonchev–Trinajstić information content (AvgIpc) is 2.73. The lowest BCUT2D eigenvalue weighted by Gasteiger charge is -2.16. The fourth-order valence-electron chi connectivity index (χ4n) is 3.01. The minimum Gasteiger partial charge on any atom is -0.491 e. The zero-order valence-corrected chi connectivity index (χ0v) is 18.6. The highest BCUT2D eigenvalue weighted by Gasteiger charge is 2.18. The molecule has 1 atom stereocenters. The van der Waals surface area contributed by atoms with Gasteiger partial charge < -0.3 is 10.1 Å². The summed E-state index contributed by atoms with van der Waals surface area (Å²) in [7, 11) is -3.82. The zero-order valence-electron chi connectivity index (χ0n) is 17.8. The Kier molecular flexibility index (Phi) is 6.97. The summed E-state index contributed by atoms with van der Waals surface area (Å²) in [6, 6.07) is 20.4. The third-order valence-electron chi connectivity index (χ3n) is 4.64. The second kappa shape index (κ2) is 9.66. The highest BCUT2D eigenvalue weighted by Crippen LogP contribution is 2.19. The number of carbonyl (C=O) groups is 1. The van der Waals surface area contributed by atoms with Gasteiger partial charge in [0.1, 0.15) is 12.4 Å². The minimum atomic E-state index is -3.82. The predicted molar refractivity (Wildman–Crippen MR) is 122 cm³/mol. The fraction of sp³-hybridized carbons (Fsp3) is 0.208. The molecule has 2 N–H and O–H groups in total. The van der Waals surface area contributed by atoms with Crippen LogP contribution in [0.15, 0.2) is 77.7 Å². The van der Waals surface area contributed by atoms with Crippen molar-refractivity contribution < 1.29 is 17.9 Å². The Bertz CT molecular complexity index is 1180. The lowest BCUT2D eigenvalue weighted by molar-refractivity contribution is 0.0926. The third-order valence-corrected chi connectivity index (χ3v) is 6.02. The Hall–Kier alpha value is -3.32. The third kappa shape index (κ3) is 6.08. The summed E-state index contributed by atoms with van der Waals surface area (Å²) in [4.78, 5) is 12.7. The first-order valence-corrected chi connectivity index (χ1v) is 11.4. The molecule has 0 spiro atoms. The van der Waals surface area contributed by atoms with Gasteiger partial charge in [-0.15, -0.1) is 0 Å². The lowest BCUT2D eigenvalue weighted by atomic mass is 10.2. The molecule has 3 aromatic rings. The van der Waals surface area contributed by atoms with Gasteiger partial charge in [0.25, 0.3) is 15.9 Å². The Morgan fingerprint density at radius 1 is 0.968 bits per heavy atom.